The van der Waals surface area contributed by atoms with Crippen molar-refractivity contribution in [2.24, 2.45) is 0 Å². The molecule has 0 saturated heterocycles. The molecule has 148 valence electrons. The maximum Gasteiger partial charge on any atom is 0.167 e. The van der Waals surface area contributed by atoms with Gasteiger partial charge in [0.2, 0.25) is 0 Å². The number of nitrogens with zero attached hydrogens (tertiary/aromatic N) is 4. The summed E-state index contributed by atoms with van der Waals surface area (Å²) in [5.41, 5.74) is 5.27. The molecule has 0 unspecified atom stereocenters. The van der Waals surface area contributed by atoms with E-state index in [2.05, 4.69) is 45.8 Å². The van der Waals surface area contributed by atoms with Crippen molar-refractivity contribution in [3.8, 4) is 0 Å². The lowest BCUT2D eigenvalue weighted by Gasteiger charge is -2.29. The summed E-state index contributed by atoms with van der Waals surface area (Å²) in [5.74, 6) is 2.21. The molecule has 0 atom stereocenters. The van der Waals surface area contributed by atoms with Crippen LogP contribution in [0.25, 0.3) is 0 Å². The number of hydrogen-bond donors (Lipinski definition) is 0. The molecule has 0 amide bonds. The van der Waals surface area contributed by atoms with Gasteiger partial charge >= 0.3 is 0 Å². The van der Waals surface area contributed by atoms with Crippen molar-refractivity contribution in [2.45, 2.75) is 46.1 Å². The molecule has 0 radical (unpaired) electrons. The molecular weight excluding hydrogens is 360 g/mol. The molecule has 1 aliphatic rings. The number of pyridine rings is 1. The zero-order chi connectivity index (χ0) is 20.4. The van der Waals surface area contributed by atoms with Crippen LogP contribution in [0.1, 0.15) is 58.3 Å². The third kappa shape index (κ3) is 4.34. The lowest BCUT2D eigenvalue weighted by Crippen LogP contribution is -2.32. The standard InChI is InChI=1S/C24H26N4O/c1-16(2)19-6-4-5-18(11-19)12-23(29)20-7-9-25-24(13-20)28-10-8-22-21(15-28)14-26-17(3)27-22/h4-7,9,11,13-14,16H,8,10,12,15H2,1-3H3. The van der Waals surface area contributed by atoms with Gasteiger partial charge in [0.15, 0.2) is 5.78 Å². The molecule has 0 aliphatic carbocycles. The van der Waals surface area contributed by atoms with E-state index in [0.29, 0.717) is 17.9 Å². The second kappa shape index (κ2) is 8.11. The Balaban J connectivity index is 1.51. The quantitative estimate of drug-likeness (QED) is 0.612. The van der Waals surface area contributed by atoms with Crippen LogP contribution in [0.4, 0.5) is 5.82 Å². The highest BCUT2D eigenvalue weighted by Crippen LogP contribution is 2.23. The molecule has 0 N–H and O–H groups in total. The Morgan fingerprint density at radius 3 is 2.86 bits per heavy atom. The Kier molecular flexibility index (Phi) is 5.38. The van der Waals surface area contributed by atoms with Gasteiger partial charge in [0.1, 0.15) is 11.6 Å². The lowest BCUT2D eigenvalue weighted by molar-refractivity contribution is 0.0993. The topological polar surface area (TPSA) is 59.0 Å². The molecule has 29 heavy (non-hydrogen) atoms. The molecule has 0 bridgehead atoms. The molecule has 5 nitrogen and oxygen atoms in total. The van der Waals surface area contributed by atoms with Crippen LogP contribution in [-0.2, 0) is 19.4 Å². The summed E-state index contributed by atoms with van der Waals surface area (Å²) in [6.07, 6.45) is 4.90. The fourth-order valence-corrected chi connectivity index (χ4v) is 3.73. The van der Waals surface area contributed by atoms with Crippen LogP contribution in [0.15, 0.2) is 48.8 Å². The number of carbonyl (C=O) groups is 1. The molecule has 5 heteroatoms. The van der Waals surface area contributed by atoms with Crippen molar-refractivity contribution in [3.05, 3.63) is 82.6 Å². The van der Waals surface area contributed by atoms with Crippen molar-refractivity contribution < 1.29 is 4.79 Å². The van der Waals surface area contributed by atoms with Gasteiger partial charge in [0.25, 0.3) is 0 Å². The van der Waals surface area contributed by atoms with Gasteiger partial charge in [-0.2, -0.15) is 0 Å². The minimum Gasteiger partial charge on any atom is -0.352 e. The van der Waals surface area contributed by atoms with E-state index in [1.165, 1.54) is 5.56 Å². The number of hydrogen-bond acceptors (Lipinski definition) is 5. The number of anilines is 1. The first-order valence-corrected chi connectivity index (χ1v) is 10.1. The average Bonchev–Trinajstić information content (AvgIpc) is 2.73. The molecular formula is C24H26N4O. The Hall–Kier alpha value is -3.08. The van der Waals surface area contributed by atoms with Crippen molar-refractivity contribution in [1.82, 2.24) is 15.0 Å². The number of fused-ring (bicyclic) bond motifs is 1. The van der Waals surface area contributed by atoms with E-state index in [9.17, 15) is 4.79 Å². The minimum absolute atomic E-state index is 0.117. The largest absolute Gasteiger partial charge is 0.352 e. The number of Topliss-reactive ketones (excluding diaryl/α,β-unsaturated/α-hetero) is 1. The SMILES string of the molecule is Cc1ncc2c(n1)CCN(c1cc(C(=O)Cc3cccc(C(C)C)c3)ccn1)C2. The highest BCUT2D eigenvalue weighted by molar-refractivity contribution is 5.98. The minimum atomic E-state index is 0.117. The number of aryl methyl sites for hydroxylation is 1. The normalized spacial score (nSPS) is 13.4. The Morgan fingerprint density at radius 2 is 2.03 bits per heavy atom. The summed E-state index contributed by atoms with van der Waals surface area (Å²) in [7, 11) is 0. The molecule has 3 aromatic rings. The number of carbonyl (C=O) groups excluding carboxylic acids is 1. The number of rotatable bonds is 5. The second-order valence-corrected chi connectivity index (χ2v) is 7.96. The van der Waals surface area contributed by atoms with Crippen molar-refractivity contribution in [2.75, 3.05) is 11.4 Å². The van der Waals surface area contributed by atoms with E-state index in [1.807, 2.05) is 37.4 Å². The third-order valence-corrected chi connectivity index (χ3v) is 5.43. The molecule has 0 saturated carbocycles. The first-order chi connectivity index (χ1) is 14.0. The predicted molar refractivity (Wildman–Crippen MR) is 114 cm³/mol. The summed E-state index contributed by atoms with van der Waals surface area (Å²) in [5, 5.41) is 0. The van der Waals surface area contributed by atoms with Gasteiger partial charge in [-0.05, 0) is 36.1 Å². The Morgan fingerprint density at radius 1 is 1.17 bits per heavy atom. The molecule has 1 aliphatic heterocycles. The van der Waals surface area contributed by atoms with Crippen LogP contribution in [0, 0.1) is 6.92 Å². The third-order valence-electron chi connectivity index (χ3n) is 5.43. The van der Waals surface area contributed by atoms with E-state index in [1.54, 1.807) is 6.20 Å². The van der Waals surface area contributed by atoms with Gasteiger partial charge in [-0.1, -0.05) is 38.1 Å². The van der Waals surface area contributed by atoms with Crippen molar-refractivity contribution >= 4 is 11.6 Å². The summed E-state index contributed by atoms with van der Waals surface area (Å²) in [4.78, 5) is 28.5. The first-order valence-electron chi connectivity index (χ1n) is 10.1. The molecule has 3 heterocycles. The summed E-state index contributed by atoms with van der Waals surface area (Å²) < 4.78 is 0. The van der Waals surface area contributed by atoms with Gasteiger partial charge in [-0.25, -0.2) is 15.0 Å². The molecule has 0 spiro atoms. The van der Waals surface area contributed by atoms with E-state index >= 15 is 0 Å². The maximum atomic E-state index is 12.9. The second-order valence-electron chi connectivity index (χ2n) is 7.96. The zero-order valence-corrected chi connectivity index (χ0v) is 17.2. The highest BCUT2D eigenvalue weighted by Gasteiger charge is 2.20. The van der Waals surface area contributed by atoms with Crippen LogP contribution < -0.4 is 4.90 Å². The van der Waals surface area contributed by atoms with E-state index < -0.39 is 0 Å². The maximum absolute atomic E-state index is 12.9. The van der Waals surface area contributed by atoms with Crippen molar-refractivity contribution in [3.63, 3.8) is 0 Å². The Labute approximate surface area is 171 Å². The Bertz CT molecular complexity index is 1040. The van der Waals surface area contributed by atoms with Crippen LogP contribution in [0.2, 0.25) is 0 Å². The van der Waals surface area contributed by atoms with Crippen LogP contribution in [0.5, 0.6) is 0 Å². The molecule has 4 rings (SSSR count). The average molecular weight is 386 g/mol. The predicted octanol–water partition coefficient (Wildman–Crippen LogP) is 4.29. The highest BCUT2D eigenvalue weighted by atomic mass is 16.1. The monoisotopic (exact) mass is 386 g/mol. The molecule has 0 fully saturated rings. The summed E-state index contributed by atoms with van der Waals surface area (Å²) in [6, 6.07) is 12.0. The van der Waals surface area contributed by atoms with Gasteiger partial charge in [0.05, 0.1) is 5.69 Å². The smallest absolute Gasteiger partial charge is 0.167 e. The van der Waals surface area contributed by atoms with Gasteiger partial charge in [-0.3, -0.25) is 4.79 Å². The summed E-state index contributed by atoms with van der Waals surface area (Å²) in [6.45, 7) is 7.81. The lowest BCUT2D eigenvalue weighted by atomic mass is 9.97. The van der Waals surface area contributed by atoms with E-state index in [4.69, 9.17) is 0 Å². The van der Waals surface area contributed by atoms with Crippen LogP contribution in [-0.4, -0.2) is 27.3 Å². The molecule has 2 aromatic heterocycles. The number of benzene rings is 1. The van der Waals surface area contributed by atoms with Gasteiger partial charge in [0, 0.05) is 49.5 Å². The zero-order valence-electron chi connectivity index (χ0n) is 17.2. The fraction of sp³-hybridized carbons (Fsp3) is 0.333. The van der Waals surface area contributed by atoms with Gasteiger partial charge in [-0.15, -0.1) is 0 Å². The molecule has 1 aromatic carbocycles. The van der Waals surface area contributed by atoms with Crippen molar-refractivity contribution in [1.29, 1.82) is 0 Å². The summed E-state index contributed by atoms with van der Waals surface area (Å²) >= 11 is 0. The van der Waals surface area contributed by atoms with Crippen LogP contribution >= 0.6 is 0 Å². The van der Waals surface area contributed by atoms with Gasteiger partial charge < -0.3 is 4.90 Å². The fourth-order valence-electron chi connectivity index (χ4n) is 3.73. The van der Waals surface area contributed by atoms with E-state index in [-0.39, 0.29) is 5.78 Å². The van der Waals surface area contributed by atoms with Crippen LogP contribution in [0.3, 0.4) is 0 Å². The first kappa shape index (κ1) is 19.2. The number of aromatic nitrogens is 3. The number of ketones is 1. The van der Waals surface area contributed by atoms with E-state index in [0.717, 1.165) is 48.0 Å².